The maximum Gasteiger partial charge on any atom is 0.316 e. The Hall–Kier alpha value is -2.34. The van der Waals surface area contributed by atoms with Crippen molar-refractivity contribution in [2.75, 3.05) is 20.2 Å². The Kier molecular flexibility index (Phi) is 5.71. The lowest BCUT2D eigenvalue weighted by molar-refractivity contribution is -0.133. The summed E-state index contributed by atoms with van der Waals surface area (Å²) in [5.41, 5.74) is 0.888. The minimum Gasteiger partial charge on any atom is -0.496 e. The number of benzene rings is 1. The van der Waals surface area contributed by atoms with Crippen LogP contribution >= 0.6 is 11.6 Å². The zero-order valence-corrected chi connectivity index (χ0v) is 14.8. The smallest absolute Gasteiger partial charge is 0.316 e. The average Bonchev–Trinajstić information content (AvgIpc) is 2.64. The number of carbonyl (C=O) groups is 1. The van der Waals surface area contributed by atoms with Gasteiger partial charge in [0.2, 0.25) is 5.91 Å². The predicted octanol–water partition coefficient (Wildman–Crippen LogP) is 2.75. The number of rotatable bonds is 5. The van der Waals surface area contributed by atoms with Crippen LogP contribution in [0.25, 0.3) is 0 Å². The van der Waals surface area contributed by atoms with Gasteiger partial charge in [0.05, 0.1) is 37.5 Å². The summed E-state index contributed by atoms with van der Waals surface area (Å²) < 4.78 is 11.1. The second-order valence-corrected chi connectivity index (χ2v) is 6.33. The van der Waals surface area contributed by atoms with E-state index >= 15 is 0 Å². The van der Waals surface area contributed by atoms with Gasteiger partial charge in [0, 0.05) is 12.1 Å². The number of amides is 1. The monoisotopic (exact) mass is 361 g/mol. The molecule has 1 aromatic heterocycles. The highest BCUT2D eigenvalue weighted by Gasteiger charge is 2.26. The van der Waals surface area contributed by atoms with Gasteiger partial charge in [0.25, 0.3) is 0 Å². The molecule has 1 aromatic carbocycles. The van der Waals surface area contributed by atoms with E-state index in [2.05, 4.69) is 9.97 Å². The zero-order chi connectivity index (χ0) is 17.6. The Balaban J connectivity index is 1.60. The van der Waals surface area contributed by atoms with Gasteiger partial charge in [-0.15, -0.1) is 0 Å². The van der Waals surface area contributed by atoms with Crippen molar-refractivity contribution in [3.05, 3.63) is 47.2 Å². The minimum atomic E-state index is -0.114. The third kappa shape index (κ3) is 4.60. The summed E-state index contributed by atoms with van der Waals surface area (Å²) in [4.78, 5) is 22.6. The summed E-state index contributed by atoms with van der Waals surface area (Å²) in [6, 6.07) is 7.86. The molecule has 132 valence electrons. The summed E-state index contributed by atoms with van der Waals surface area (Å²) in [5, 5.41) is 0.463. The molecule has 0 aliphatic carbocycles. The van der Waals surface area contributed by atoms with Crippen LogP contribution in [0.5, 0.6) is 11.8 Å². The maximum absolute atomic E-state index is 12.6. The van der Waals surface area contributed by atoms with Gasteiger partial charge in [-0.3, -0.25) is 4.79 Å². The first-order valence-electron chi connectivity index (χ1n) is 8.19. The molecule has 2 aromatic rings. The molecule has 2 heterocycles. The molecule has 0 N–H and O–H groups in total. The largest absolute Gasteiger partial charge is 0.496 e. The van der Waals surface area contributed by atoms with Crippen LogP contribution in [0.2, 0.25) is 5.02 Å². The van der Waals surface area contributed by atoms with Crippen LogP contribution in [0, 0.1) is 0 Å². The van der Waals surface area contributed by atoms with Crippen molar-refractivity contribution < 1.29 is 14.3 Å². The second-order valence-electron chi connectivity index (χ2n) is 5.89. The van der Waals surface area contributed by atoms with Gasteiger partial charge >= 0.3 is 6.01 Å². The van der Waals surface area contributed by atoms with Crippen molar-refractivity contribution in [3.63, 3.8) is 0 Å². The van der Waals surface area contributed by atoms with Crippen LogP contribution in [0.15, 0.2) is 36.7 Å². The number of likely N-dealkylation sites (tertiary alicyclic amines) is 1. The molecule has 1 aliphatic rings. The molecule has 6 nitrogen and oxygen atoms in total. The number of hydrogen-bond donors (Lipinski definition) is 0. The van der Waals surface area contributed by atoms with E-state index in [1.54, 1.807) is 7.11 Å². The molecule has 0 spiro atoms. The molecular weight excluding hydrogens is 342 g/mol. The first-order chi connectivity index (χ1) is 12.2. The van der Waals surface area contributed by atoms with Gasteiger partial charge in [-0.25, -0.2) is 9.97 Å². The van der Waals surface area contributed by atoms with Gasteiger partial charge in [-0.05, 0) is 18.9 Å². The fourth-order valence-corrected chi connectivity index (χ4v) is 2.99. The number of para-hydroxylation sites is 1. The summed E-state index contributed by atoms with van der Waals surface area (Å²) in [6.07, 6.45) is 4.94. The fourth-order valence-electron chi connectivity index (χ4n) is 2.90. The molecule has 1 amide bonds. The highest BCUT2D eigenvalue weighted by Crippen LogP contribution is 2.21. The van der Waals surface area contributed by atoms with Crippen molar-refractivity contribution in [2.24, 2.45) is 0 Å². The highest BCUT2D eigenvalue weighted by atomic mass is 35.5. The number of carbonyl (C=O) groups excluding carboxylic acids is 1. The van der Waals surface area contributed by atoms with Crippen LogP contribution in [0.3, 0.4) is 0 Å². The summed E-state index contributed by atoms with van der Waals surface area (Å²) in [6.45, 7) is 1.26. The zero-order valence-electron chi connectivity index (χ0n) is 14.0. The van der Waals surface area contributed by atoms with E-state index in [1.165, 1.54) is 12.4 Å². The van der Waals surface area contributed by atoms with E-state index in [9.17, 15) is 4.79 Å². The highest BCUT2D eigenvalue weighted by molar-refractivity contribution is 6.30. The van der Waals surface area contributed by atoms with E-state index in [1.807, 2.05) is 29.2 Å². The Labute approximate surface area is 151 Å². The van der Waals surface area contributed by atoms with Crippen LogP contribution in [0.1, 0.15) is 18.4 Å². The molecule has 1 atom stereocenters. The fraction of sp³-hybridized carbons (Fsp3) is 0.389. The van der Waals surface area contributed by atoms with E-state index < -0.39 is 0 Å². The van der Waals surface area contributed by atoms with Crippen LogP contribution in [-0.2, 0) is 11.2 Å². The Morgan fingerprint density at radius 1 is 1.32 bits per heavy atom. The lowest BCUT2D eigenvalue weighted by atomic mass is 10.1. The van der Waals surface area contributed by atoms with Crippen molar-refractivity contribution in [1.29, 1.82) is 0 Å². The maximum atomic E-state index is 12.6. The number of hydrogen-bond acceptors (Lipinski definition) is 5. The first kappa shape index (κ1) is 17.5. The molecule has 1 unspecified atom stereocenters. The van der Waals surface area contributed by atoms with Crippen LogP contribution in [-0.4, -0.2) is 47.1 Å². The first-order valence-corrected chi connectivity index (χ1v) is 8.57. The Morgan fingerprint density at radius 2 is 2.08 bits per heavy atom. The Morgan fingerprint density at radius 3 is 2.84 bits per heavy atom. The normalized spacial score (nSPS) is 17.2. The quantitative estimate of drug-likeness (QED) is 0.819. The third-order valence-corrected chi connectivity index (χ3v) is 4.33. The van der Waals surface area contributed by atoms with Gasteiger partial charge in [-0.1, -0.05) is 29.8 Å². The predicted molar refractivity (Wildman–Crippen MR) is 94.0 cm³/mol. The molecule has 0 saturated carbocycles. The number of piperidine rings is 1. The number of halogens is 1. The van der Waals surface area contributed by atoms with E-state index in [0.717, 1.165) is 30.7 Å². The average molecular weight is 362 g/mol. The van der Waals surface area contributed by atoms with Gasteiger partial charge in [0.15, 0.2) is 0 Å². The molecule has 1 fully saturated rings. The second kappa shape index (κ2) is 8.16. The standard InChI is InChI=1S/C18H20ClN3O3/c1-24-16-7-3-2-5-13(16)9-17(23)22-8-4-6-15(12-22)25-18-20-10-14(19)11-21-18/h2-3,5,7,10-11,15H,4,6,8-9,12H2,1H3. The van der Waals surface area contributed by atoms with Crippen LogP contribution in [0.4, 0.5) is 0 Å². The molecule has 0 radical (unpaired) electrons. The van der Waals surface area contributed by atoms with Gasteiger partial charge in [-0.2, -0.15) is 0 Å². The van der Waals surface area contributed by atoms with Gasteiger partial charge < -0.3 is 14.4 Å². The lowest BCUT2D eigenvalue weighted by Gasteiger charge is -2.32. The summed E-state index contributed by atoms with van der Waals surface area (Å²) in [5.74, 6) is 0.796. The topological polar surface area (TPSA) is 64.5 Å². The van der Waals surface area contributed by atoms with Gasteiger partial charge in [0.1, 0.15) is 11.9 Å². The summed E-state index contributed by atoms with van der Waals surface area (Å²) in [7, 11) is 1.61. The van der Waals surface area contributed by atoms with Crippen molar-refractivity contribution in [3.8, 4) is 11.8 Å². The number of methoxy groups -OCH3 is 1. The third-order valence-electron chi connectivity index (χ3n) is 4.13. The van der Waals surface area contributed by atoms with E-state index in [0.29, 0.717) is 18.0 Å². The Bertz CT molecular complexity index is 724. The SMILES string of the molecule is COc1ccccc1CC(=O)N1CCCC(Oc2ncc(Cl)cn2)C1. The number of aromatic nitrogens is 2. The lowest BCUT2D eigenvalue weighted by Crippen LogP contribution is -2.45. The molecular formula is C18H20ClN3O3. The van der Waals surface area contributed by atoms with E-state index in [-0.39, 0.29) is 18.0 Å². The molecule has 7 heteroatoms. The number of ether oxygens (including phenoxy) is 2. The molecule has 25 heavy (non-hydrogen) atoms. The minimum absolute atomic E-state index is 0.0647. The molecule has 0 bridgehead atoms. The summed E-state index contributed by atoms with van der Waals surface area (Å²) >= 11 is 5.78. The van der Waals surface area contributed by atoms with Crippen LogP contribution < -0.4 is 9.47 Å². The molecule has 1 aliphatic heterocycles. The number of nitrogens with zero attached hydrogens (tertiary/aromatic N) is 3. The van der Waals surface area contributed by atoms with Crippen molar-refractivity contribution in [1.82, 2.24) is 14.9 Å². The van der Waals surface area contributed by atoms with E-state index in [4.69, 9.17) is 21.1 Å². The van der Waals surface area contributed by atoms with Crippen molar-refractivity contribution in [2.45, 2.75) is 25.4 Å². The molecule has 1 saturated heterocycles. The molecule has 3 rings (SSSR count). The van der Waals surface area contributed by atoms with Crippen molar-refractivity contribution >= 4 is 17.5 Å².